The first-order valence-electron chi connectivity index (χ1n) is 9.94. The normalized spacial score (nSPS) is 16.4. The zero-order chi connectivity index (χ0) is 20.8. The second-order valence-corrected chi connectivity index (χ2v) is 7.29. The lowest BCUT2D eigenvalue weighted by Gasteiger charge is -2.28. The monoisotopic (exact) mass is 393 g/mol. The average Bonchev–Trinajstić information content (AvgIpc) is 2.71. The first kappa shape index (κ1) is 20.6. The van der Waals surface area contributed by atoms with Crippen LogP contribution in [0.25, 0.3) is 0 Å². The predicted molar refractivity (Wildman–Crippen MR) is 111 cm³/mol. The van der Waals surface area contributed by atoms with Crippen molar-refractivity contribution in [3.8, 4) is 5.75 Å². The summed E-state index contributed by atoms with van der Waals surface area (Å²) in [7, 11) is 0. The molecule has 1 unspecified atom stereocenters. The number of hydrogen-bond donors (Lipinski definition) is 1. The van der Waals surface area contributed by atoms with Gasteiger partial charge >= 0.3 is 5.97 Å². The summed E-state index contributed by atoms with van der Waals surface area (Å²) in [4.78, 5) is 25.2. The molecule has 1 aliphatic rings. The topological polar surface area (TPSA) is 64.6 Å². The van der Waals surface area contributed by atoms with E-state index >= 15 is 0 Å². The highest BCUT2D eigenvalue weighted by molar-refractivity contribution is 5.96. The van der Waals surface area contributed by atoms with E-state index in [9.17, 15) is 9.59 Å². The highest BCUT2D eigenvalue weighted by Crippen LogP contribution is 2.38. The third-order valence-electron chi connectivity index (χ3n) is 4.94. The molecule has 1 heterocycles. The van der Waals surface area contributed by atoms with Gasteiger partial charge in [-0.1, -0.05) is 55.0 Å². The van der Waals surface area contributed by atoms with Crippen molar-refractivity contribution in [3.63, 3.8) is 0 Å². The average molecular weight is 393 g/mol. The molecule has 0 bridgehead atoms. The number of rotatable bonds is 7. The van der Waals surface area contributed by atoms with Gasteiger partial charge in [0.25, 0.3) is 0 Å². The number of aryl methyl sites for hydroxylation is 1. The minimum atomic E-state index is -0.418. The van der Waals surface area contributed by atoms with Gasteiger partial charge in [0.15, 0.2) is 0 Å². The van der Waals surface area contributed by atoms with Crippen LogP contribution in [-0.2, 0) is 20.9 Å². The summed E-state index contributed by atoms with van der Waals surface area (Å²) in [6, 6.07) is 15.4. The largest absolute Gasteiger partial charge is 0.493 e. The molecule has 1 atom stereocenters. The lowest BCUT2D eigenvalue weighted by Crippen LogP contribution is -2.34. The van der Waals surface area contributed by atoms with Gasteiger partial charge in [0.1, 0.15) is 12.4 Å². The number of benzene rings is 2. The lowest BCUT2D eigenvalue weighted by molar-refractivity contribution is -0.141. The number of ether oxygens (including phenoxy) is 2. The number of carbonyl (C=O) groups excluding carboxylic acids is 2. The van der Waals surface area contributed by atoms with Crippen molar-refractivity contribution in [3.05, 3.63) is 76.5 Å². The number of amides is 1. The molecule has 5 heteroatoms. The van der Waals surface area contributed by atoms with Crippen molar-refractivity contribution in [2.45, 2.75) is 46.1 Å². The van der Waals surface area contributed by atoms with Crippen LogP contribution >= 0.6 is 0 Å². The summed E-state index contributed by atoms with van der Waals surface area (Å²) in [5.74, 6) is -0.237. The number of para-hydroxylation sites is 1. The van der Waals surface area contributed by atoms with Crippen LogP contribution in [0, 0.1) is 6.92 Å². The van der Waals surface area contributed by atoms with Crippen LogP contribution in [0.15, 0.2) is 59.8 Å². The quantitative estimate of drug-likeness (QED) is 0.708. The van der Waals surface area contributed by atoms with E-state index < -0.39 is 11.9 Å². The molecule has 152 valence electrons. The zero-order valence-corrected chi connectivity index (χ0v) is 17.2. The Kier molecular flexibility index (Phi) is 6.70. The fraction of sp³-hybridized carbons (Fsp3) is 0.333. The Labute approximate surface area is 171 Å². The van der Waals surface area contributed by atoms with Gasteiger partial charge in [-0.3, -0.25) is 4.79 Å². The highest BCUT2D eigenvalue weighted by Gasteiger charge is 2.34. The Morgan fingerprint density at radius 1 is 1.10 bits per heavy atom. The lowest BCUT2D eigenvalue weighted by atomic mass is 9.84. The van der Waals surface area contributed by atoms with E-state index in [0.717, 1.165) is 23.1 Å². The van der Waals surface area contributed by atoms with Crippen molar-refractivity contribution >= 4 is 11.9 Å². The molecule has 0 aromatic heterocycles. The fourth-order valence-corrected chi connectivity index (χ4v) is 3.46. The predicted octanol–water partition coefficient (Wildman–Crippen LogP) is 4.40. The minimum absolute atomic E-state index is 0.118. The van der Waals surface area contributed by atoms with E-state index in [0.29, 0.717) is 23.6 Å². The number of carbonyl (C=O) groups is 2. The van der Waals surface area contributed by atoms with E-state index in [2.05, 4.69) is 5.32 Å². The molecule has 0 aliphatic carbocycles. The molecule has 1 amide bonds. The molecule has 2 aromatic carbocycles. The van der Waals surface area contributed by atoms with Crippen LogP contribution in [0.1, 0.15) is 49.3 Å². The number of hydrogen-bond acceptors (Lipinski definition) is 4. The molecule has 1 aliphatic heterocycles. The molecule has 1 N–H and O–H groups in total. The van der Waals surface area contributed by atoms with Crippen LogP contribution in [0.2, 0.25) is 0 Å². The smallest absolute Gasteiger partial charge is 0.336 e. The Hall–Kier alpha value is -3.08. The van der Waals surface area contributed by atoms with E-state index in [1.807, 2.05) is 62.4 Å². The van der Waals surface area contributed by atoms with Gasteiger partial charge in [-0.15, -0.1) is 0 Å². The first-order valence-corrected chi connectivity index (χ1v) is 9.94. The SMILES string of the molecule is CCCOc1ccccc1C1CC(=O)NC(C)=C1C(=O)OCc1ccc(C)cc1. The molecule has 0 saturated heterocycles. The summed E-state index contributed by atoms with van der Waals surface area (Å²) in [6.45, 7) is 6.55. The van der Waals surface area contributed by atoms with Crippen molar-refractivity contribution < 1.29 is 19.1 Å². The number of esters is 1. The molecule has 0 fully saturated rings. The van der Waals surface area contributed by atoms with Gasteiger partial charge in [0.2, 0.25) is 5.91 Å². The maximum Gasteiger partial charge on any atom is 0.336 e. The molecule has 0 radical (unpaired) electrons. The van der Waals surface area contributed by atoms with Gasteiger partial charge in [-0.2, -0.15) is 0 Å². The summed E-state index contributed by atoms with van der Waals surface area (Å²) in [6.07, 6.45) is 1.05. The van der Waals surface area contributed by atoms with Crippen molar-refractivity contribution in [1.29, 1.82) is 0 Å². The molecule has 29 heavy (non-hydrogen) atoms. The van der Waals surface area contributed by atoms with E-state index in [1.165, 1.54) is 0 Å². The van der Waals surface area contributed by atoms with Crippen molar-refractivity contribution in [1.82, 2.24) is 5.32 Å². The summed E-state index contributed by atoms with van der Waals surface area (Å²) in [5.41, 5.74) is 3.91. The van der Waals surface area contributed by atoms with Crippen LogP contribution in [0.5, 0.6) is 5.75 Å². The second-order valence-electron chi connectivity index (χ2n) is 7.29. The van der Waals surface area contributed by atoms with Crippen molar-refractivity contribution in [2.75, 3.05) is 6.61 Å². The minimum Gasteiger partial charge on any atom is -0.493 e. The number of nitrogens with one attached hydrogen (secondary N) is 1. The molecule has 5 nitrogen and oxygen atoms in total. The Morgan fingerprint density at radius 2 is 1.83 bits per heavy atom. The van der Waals surface area contributed by atoms with Gasteiger partial charge in [-0.25, -0.2) is 4.79 Å². The summed E-state index contributed by atoms with van der Waals surface area (Å²) >= 11 is 0. The van der Waals surface area contributed by atoms with Crippen LogP contribution in [0.4, 0.5) is 0 Å². The second kappa shape index (κ2) is 9.41. The maximum absolute atomic E-state index is 13.0. The molecule has 0 saturated carbocycles. The Bertz CT molecular complexity index is 915. The van der Waals surface area contributed by atoms with Crippen LogP contribution in [-0.4, -0.2) is 18.5 Å². The van der Waals surface area contributed by atoms with Gasteiger partial charge in [0, 0.05) is 23.6 Å². The van der Waals surface area contributed by atoms with Gasteiger partial charge in [-0.05, 0) is 31.9 Å². The van der Waals surface area contributed by atoms with Crippen molar-refractivity contribution in [2.24, 2.45) is 0 Å². The zero-order valence-electron chi connectivity index (χ0n) is 17.2. The standard InChI is InChI=1S/C24H27NO4/c1-4-13-28-21-8-6-5-7-19(21)20-14-22(26)25-17(3)23(20)24(27)29-15-18-11-9-16(2)10-12-18/h5-12,20H,4,13-15H2,1-3H3,(H,25,26). The molecular weight excluding hydrogens is 366 g/mol. The Morgan fingerprint density at radius 3 is 2.55 bits per heavy atom. The third-order valence-corrected chi connectivity index (χ3v) is 4.94. The number of allylic oxidation sites excluding steroid dienone is 1. The highest BCUT2D eigenvalue weighted by atomic mass is 16.5. The summed E-state index contributed by atoms with van der Waals surface area (Å²) < 4.78 is 11.5. The van der Waals surface area contributed by atoms with E-state index in [-0.39, 0.29) is 18.9 Å². The maximum atomic E-state index is 13.0. The first-order chi connectivity index (χ1) is 14.0. The molecule has 0 spiro atoms. The summed E-state index contributed by atoms with van der Waals surface area (Å²) in [5, 5.41) is 2.78. The fourth-order valence-electron chi connectivity index (χ4n) is 3.46. The van der Waals surface area contributed by atoms with E-state index in [4.69, 9.17) is 9.47 Å². The Balaban J connectivity index is 1.86. The van der Waals surface area contributed by atoms with E-state index in [1.54, 1.807) is 6.92 Å². The third kappa shape index (κ3) is 5.05. The van der Waals surface area contributed by atoms with Crippen LogP contribution < -0.4 is 10.1 Å². The van der Waals surface area contributed by atoms with Gasteiger partial charge < -0.3 is 14.8 Å². The molecule has 2 aromatic rings. The molecule has 3 rings (SSSR count). The van der Waals surface area contributed by atoms with Crippen LogP contribution in [0.3, 0.4) is 0 Å². The molecular formula is C24H27NO4. The van der Waals surface area contributed by atoms with Gasteiger partial charge in [0.05, 0.1) is 12.2 Å².